The summed E-state index contributed by atoms with van der Waals surface area (Å²) in [5.74, 6) is 0.194. The van der Waals surface area contributed by atoms with Gasteiger partial charge in [0.15, 0.2) is 5.82 Å². The minimum absolute atomic E-state index is 0.261. The largest absolute Gasteiger partial charge is 0.360 e. The van der Waals surface area contributed by atoms with Crippen molar-refractivity contribution < 1.29 is 14.1 Å². The van der Waals surface area contributed by atoms with Crippen LogP contribution in [0.25, 0.3) is 0 Å². The zero-order valence-corrected chi connectivity index (χ0v) is 12.3. The fraction of sp³-hybridized carbons (Fsp3) is 0.286. The Hall–Kier alpha value is -2.74. The molecule has 0 saturated heterocycles. The zero-order chi connectivity index (χ0) is 15.9. The summed E-state index contributed by atoms with van der Waals surface area (Å²) in [6.45, 7) is 3.55. The van der Waals surface area contributed by atoms with Gasteiger partial charge in [-0.15, -0.1) is 0 Å². The van der Waals surface area contributed by atoms with Gasteiger partial charge in [-0.25, -0.2) is 5.43 Å². The van der Waals surface area contributed by atoms with Crippen molar-refractivity contribution in [2.45, 2.75) is 26.3 Å². The van der Waals surface area contributed by atoms with Gasteiger partial charge in [0.1, 0.15) is 17.5 Å². The van der Waals surface area contributed by atoms with Crippen LogP contribution in [0, 0.1) is 6.92 Å². The minimum atomic E-state index is -0.607. The van der Waals surface area contributed by atoms with Gasteiger partial charge in [-0.3, -0.25) is 20.0 Å². The van der Waals surface area contributed by atoms with Crippen molar-refractivity contribution >= 4 is 17.6 Å². The minimum Gasteiger partial charge on any atom is -0.360 e. The Morgan fingerprint density at radius 2 is 2.18 bits per heavy atom. The molecular weight excluding hydrogens is 286 g/mol. The molecule has 0 aliphatic heterocycles. The number of aromatic nitrogens is 2. The number of carbonyl (C=O) groups excluding carboxylic acids is 2. The first-order valence-corrected chi connectivity index (χ1v) is 6.81. The fourth-order valence-electron chi connectivity index (χ4n) is 1.71. The van der Waals surface area contributed by atoms with Crippen LogP contribution in [0.1, 0.15) is 29.6 Å². The molecule has 1 unspecified atom stereocenters. The average Bonchev–Trinajstić information content (AvgIpc) is 2.93. The third kappa shape index (κ3) is 4.13. The first-order valence-electron chi connectivity index (χ1n) is 6.81. The number of anilines is 1. The average molecular weight is 303 g/mol. The van der Waals surface area contributed by atoms with Crippen molar-refractivity contribution in [2.24, 2.45) is 0 Å². The fourth-order valence-corrected chi connectivity index (χ4v) is 1.71. The van der Waals surface area contributed by atoms with Gasteiger partial charge in [0.2, 0.25) is 5.91 Å². The number of nitrogens with one attached hydrogen (secondary N) is 3. The van der Waals surface area contributed by atoms with Crippen LogP contribution in [-0.2, 0) is 4.79 Å². The van der Waals surface area contributed by atoms with E-state index in [9.17, 15) is 9.59 Å². The molecule has 8 heteroatoms. The van der Waals surface area contributed by atoms with Gasteiger partial charge >= 0.3 is 0 Å². The summed E-state index contributed by atoms with van der Waals surface area (Å²) in [7, 11) is 0. The van der Waals surface area contributed by atoms with E-state index in [1.807, 2.05) is 6.92 Å². The predicted octanol–water partition coefficient (Wildman–Crippen LogP) is 1.03. The van der Waals surface area contributed by atoms with Crippen molar-refractivity contribution in [3.63, 3.8) is 0 Å². The van der Waals surface area contributed by atoms with Crippen LogP contribution in [0.4, 0.5) is 5.82 Å². The standard InChI is InChI=1S/C14H17N5O3/c1-3-10(13(20)16-12-8-9(2)22-19-12)17-18-14(21)11-6-4-5-7-15-11/h4-8,10,17H,3H2,1-2H3,(H,18,21)(H,16,19,20). The Morgan fingerprint density at radius 3 is 2.77 bits per heavy atom. The lowest BCUT2D eigenvalue weighted by atomic mass is 10.2. The lowest BCUT2D eigenvalue weighted by molar-refractivity contribution is -0.118. The molecule has 2 rings (SSSR count). The Bertz CT molecular complexity index is 641. The summed E-state index contributed by atoms with van der Waals surface area (Å²) in [5.41, 5.74) is 5.41. The molecule has 0 fully saturated rings. The predicted molar refractivity (Wildman–Crippen MR) is 78.8 cm³/mol. The summed E-state index contributed by atoms with van der Waals surface area (Å²) in [6.07, 6.45) is 2.00. The number of nitrogens with zero attached hydrogens (tertiary/aromatic N) is 2. The molecule has 2 aromatic rings. The summed E-state index contributed by atoms with van der Waals surface area (Å²) >= 11 is 0. The van der Waals surface area contributed by atoms with Gasteiger partial charge < -0.3 is 9.84 Å². The molecule has 0 bridgehead atoms. The normalized spacial score (nSPS) is 11.7. The Kier molecular flexibility index (Phi) is 5.21. The van der Waals surface area contributed by atoms with Crippen molar-refractivity contribution in [1.82, 2.24) is 21.0 Å². The number of hydrogen-bond donors (Lipinski definition) is 3. The molecule has 22 heavy (non-hydrogen) atoms. The molecule has 0 radical (unpaired) electrons. The highest BCUT2D eigenvalue weighted by Gasteiger charge is 2.18. The summed E-state index contributed by atoms with van der Waals surface area (Å²) in [5, 5.41) is 6.29. The molecule has 0 spiro atoms. The van der Waals surface area contributed by atoms with Crippen molar-refractivity contribution in [2.75, 3.05) is 5.32 Å². The van der Waals surface area contributed by atoms with E-state index in [4.69, 9.17) is 4.52 Å². The molecule has 0 saturated carbocycles. The van der Waals surface area contributed by atoms with E-state index in [1.54, 1.807) is 31.2 Å². The second-order valence-corrected chi connectivity index (χ2v) is 4.59. The van der Waals surface area contributed by atoms with Gasteiger partial charge in [0.05, 0.1) is 0 Å². The van der Waals surface area contributed by atoms with E-state index >= 15 is 0 Å². The number of aryl methyl sites for hydroxylation is 1. The summed E-state index contributed by atoms with van der Waals surface area (Å²) < 4.78 is 4.87. The highest BCUT2D eigenvalue weighted by Crippen LogP contribution is 2.07. The van der Waals surface area contributed by atoms with Crippen LogP contribution < -0.4 is 16.2 Å². The monoisotopic (exact) mass is 303 g/mol. The number of amides is 2. The van der Waals surface area contributed by atoms with Crippen LogP contribution >= 0.6 is 0 Å². The summed E-state index contributed by atoms with van der Waals surface area (Å²) in [4.78, 5) is 27.9. The van der Waals surface area contributed by atoms with Crippen molar-refractivity contribution in [1.29, 1.82) is 0 Å². The second-order valence-electron chi connectivity index (χ2n) is 4.59. The molecular formula is C14H17N5O3. The quantitative estimate of drug-likeness (QED) is 0.688. The van der Waals surface area contributed by atoms with E-state index in [0.717, 1.165) is 0 Å². The molecule has 8 nitrogen and oxygen atoms in total. The number of hydrogen-bond acceptors (Lipinski definition) is 6. The molecule has 116 valence electrons. The van der Waals surface area contributed by atoms with E-state index < -0.39 is 11.9 Å². The molecule has 1 atom stereocenters. The SMILES string of the molecule is CCC(NNC(=O)c1ccccn1)C(=O)Nc1cc(C)on1. The Morgan fingerprint density at radius 1 is 1.36 bits per heavy atom. The van der Waals surface area contributed by atoms with Crippen molar-refractivity contribution in [3.8, 4) is 0 Å². The molecule has 0 aliphatic rings. The number of hydrazine groups is 1. The van der Waals surface area contributed by atoms with Gasteiger partial charge in [0, 0.05) is 12.3 Å². The molecule has 2 heterocycles. The van der Waals surface area contributed by atoms with Crippen LogP contribution in [0.5, 0.6) is 0 Å². The molecule has 2 amide bonds. The van der Waals surface area contributed by atoms with E-state index in [-0.39, 0.29) is 11.6 Å². The topological polar surface area (TPSA) is 109 Å². The smallest absolute Gasteiger partial charge is 0.283 e. The van der Waals surface area contributed by atoms with Crippen LogP contribution in [-0.4, -0.2) is 28.0 Å². The van der Waals surface area contributed by atoms with E-state index in [2.05, 4.69) is 26.3 Å². The Balaban J connectivity index is 1.89. The molecule has 2 aromatic heterocycles. The van der Waals surface area contributed by atoms with Gasteiger partial charge in [0.25, 0.3) is 5.91 Å². The maximum atomic E-state index is 12.1. The highest BCUT2D eigenvalue weighted by atomic mass is 16.5. The van der Waals surface area contributed by atoms with E-state index in [0.29, 0.717) is 18.0 Å². The second kappa shape index (κ2) is 7.32. The first-order chi connectivity index (χ1) is 10.6. The Labute approximate surface area is 127 Å². The third-order valence-electron chi connectivity index (χ3n) is 2.86. The lowest BCUT2D eigenvalue weighted by Gasteiger charge is -2.16. The first kappa shape index (κ1) is 15.6. The summed E-state index contributed by atoms with van der Waals surface area (Å²) in [6, 6.07) is 6.00. The maximum absolute atomic E-state index is 12.1. The van der Waals surface area contributed by atoms with Crippen molar-refractivity contribution in [3.05, 3.63) is 41.9 Å². The van der Waals surface area contributed by atoms with Crippen LogP contribution in [0.15, 0.2) is 35.0 Å². The molecule has 3 N–H and O–H groups in total. The van der Waals surface area contributed by atoms with E-state index in [1.165, 1.54) is 6.20 Å². The third-order valence-corrected chi connectivity index (χ3v) is 2.86. The lowest BCUT2D eigenvalue weighted by Crippen LogP contribution is -2.49. The van der Waals surface area contributed by atoms with Gasteiger partial charge in [-0.1, -0.05) is 18.1 Å². The van der Waals surface area contributed by atoms with Gasteiger partial charge in [-0.05, 0) is 25.5 Å². The zero-order valence-electron chi connectivity index (χ0n) is 12.3. The highest BCUT2D eigenvalue weighted by molar-refractivity contribution is 5.95. The molecule has 0 aromatic carbocycles. The molecule has 0 aliphatic carbocycles. The van der Waals surface area contributed by atoms with Crippen LogP contribution in [0.3, 0.4) is 0 Å². The van der Waals surface area contributed by atoms with Gasteiger partial charge in [-0.2, -0.15) is 0 Å². The number of carbonyl (C=O) groups is 2. The maximum Gasteiger partial charge on any atom is 0.283 e. The van der Waals surface area contributed by atoms with Crippen LogP contribution in [0.2, 0.25) is 0 Å². The number of rotatable bonds is 6. The number of pyridine rings is 1.